The summed E-state index contributed by atoms with van der Waals surface area (Å²) in [4.78, 5) is 10.9. The van der Waals surface area contributed by atoms with Gasteiger partial charge in [-0.15, -0.1) is 0 Å². The molecule has 0 unspecified atom stereocenters. The summed E-state index contributed by atoms with van der Waals surface area (Å²) in [6.45, 7) is 0. The Labute approximate surface area is 107 Å². The molecule has 98 valence electrons. The first kappa shape index (κ1) is 14.4. The van der Waals surface area contributed by atoms with Crippen molar-refractivity contribution in [2.75, 3.05) is 7.11 Å². The zero-order chi connectivity index (χ0) is 13.4. The first-order valence-electron chi connectivity index (χ1n) is 5.78. The van der Waals surface area contributed by atoms with Crippen molar-refractivity contribution in [1.82, 2.24) is 0 Å². The molecule has 0 fully saturated rings. The van der Waals surface area contributed by atoms with E-state index in [-0.39, 0.29) is 12.8 Å². The number of rotatable bonds is 6. The molecule has 0 aliphatic rings. The van der Waals surface area contributed by atoms with Crippen molar-refractivity contribution in [3.8, 4) is 0 Å². The van der Waals surface area contributed by atoms with E-state index in [2.05, 4.69) is 4.74 Å². The topological polar surface area (TPSA) is 66.8 Å². The minimum absolute atomic E-state index is 0.104. The number of aliphatic hydroxyl groups excluding tert-OH is 2. The normalized spacial score (nSPS) is 14.4. The van der Waals surface area contributed by atoms with Crippen LogP contribution < -0.4 is 0 Å². The van der Waals surface area contributed by atoms with Crippen molar-refractivity contribution in [3.63, 3.8) is 0 Å². The highest BCUT2D eigenvalue weighted by Crippen LogP contribution is 2.07. The van der Waals surface area contributed by atoms with Gasteiger partial charge in [0.05, 0.1) is 25.7 Å². The van der Waals surface area contributed by atoms with Gasteiger partial charge in [-0.05, 0) is 5.56 Å². The van der Waals surface area contributed by atoms with E-state index in [4.69, 9.17) is 0 Å². The van der Waals surface area contributed by atoms with E-state index < -0.39 is 18.2 Å². The Balaban J connectivity index is 2.39. The second-order valence-corrected chi connectivity index (χ2v) is 4.01. The van der Waals surface area contributed by atoms with E-state index in [1.165, 1.54) is 7.11 Å². The molecule has 0 heterocycles. The molecule has 2 N–H and O–H groups in total. The van der Waals surface area contributed by atoms with E-state index in [1.54, 1.807) is 12.2 Å². The van der Waals surface area contributed by atoms with Crippen molar-refractivity contribution in [3.05, 3.63) is 42.0 Å². The molecule has 1 aromatic rings. The third-order valence-electron chi connectivity index (χ3n) is 2.45. The van der Waals surface area contributed by atoms with Gasteiger partial charge in [0.15, 0.2) is 0 Å². The highest BCUT2D eigenvalue weighted by atomic mass is 16.5. The summed E-state index contributed by atoms with van der Waals surface area (Å²) >= 11 is 0. The van der Waals surface area contributed by atoms with Crippen molar-refractivity contribution in [2.45, 2.75) is 25.0 Å². The lowest BCUT2D eigenvalue weighted by Crippen LogP contribution is -2.20. The number of hydrogen-bond donors (Lipinski definition) is 2. The van der Waals surface area contributed by atoms with Crippen LogP contribution in [0.25, 0.3) is 6.08 Å². The van der Waals surface area contributed by atoms with Crippen LogP contribution in [0.3, 0.4) is 0 Å². The Morgan fingerprint density at radius 3 is 2.61 bits per heavy atom. The Morgan fingerprint density at radius 2 is 2.00 bits per heavy atom. The molecule has 0 bridgehead atoms. The molecular weight excluding hydrogens is 232 g/mol. The predicted octanol–water partition coefficient (Wildman–Crippen LogP) is 1.37. The summed E-state index contributed by atoms with van der Waals surface area (Å²) in [7, 11) is 1.26. The third-order valence-corrected chi connectivity index (χ3v) is 2.45. The maximum atomic E-state index is 10.9. The molecule has 0 saturated carbocycles. The summed E-state index contributed by atoms with van der Waals surface area (Å²) in [5.41, 5.74) is 0.971. The number of methoxy groups -OCH3 is 1. The standard InChI is InChI=1S/C14H18O4/c1-18-14(17)10-13(16)9-12(15)8-7-11-5-3-2-4-6-11/h2-8,12-13,15-16H,9-10H2,1H3/t12-,13-/m0/s1. The summed E-state index contributed by atoms with van der Waals surface area (Å²) in [6, 6.07) is 9.53. The Kier molecular flexibility index (Phi) is 6.11. The van der Waals surface area contributed by atoms with Crippen LogP contribution >= 0.6 is 0 Å². The summed E-state index contributed by atoms with van der Waals surface area (Å²) < 4.78 is 4.43. The minimum atomic E-state index is -0.895. The van der Waals surface area contributed by atoms with Gasteiger partial charge in [-0.2, -0.15) is 0 Å². The molecular formula is C14H18O4. The van der Waals surface area contributed by atoms with Crippen LogP contribution in [0.4, 0.5) is 0 Å². The third kappa shape index (κ3) is 5.61. The van der Waals surface area contributed by atoms with Gasteiger partial charge >= 0.3 is 5.97 Å². The van der Waals surface area contributed by atoms with E-state index in [0.29, 0.717) is 0 Å². The molecule has 1 rings (SSSR count). The average Bonchev–Trinajstić information content (AvgIpc) is 2.37. The highest BCUT2D eigenvalue weighted by Gasteiger charge is 2.14. The molecule has 0 spiro atoms. The largest absolute Gasteiger partial charge is 0.469 e. The number of esters is 1. The zero-order valence-electron chi connectivity index (χ0n) is 10.3. The molecule has 18 heavy (non-hydrogen) atoms. The lowest BCUT2D eigenvalue weighted by atomic mass is 10.1. The Bertz CT molecular complexity index is 386. The molecule has 4 nitrogen and oxygen atoms in total. The van der Waals surface area contributed by atoms with Crippen molar-refractivity contribution in [1.29, 1.82) is 0 Å². The summed E-state index contributed by atoms with van der Waals surface area (Å²) in [6.07, 6.45) is 1.69. The fourth-order valence-corrected chi connectivity index (χ4v) is 1.50. The van der Waals surface area contributed by atoms with Crippen LogP contribution in [0.15, 0.2) is 36.4 Å². The SMILES string of the molecule is COC(=O)C[C@@H](O)C[C@@H](O)C=Cc1ccccc1. The van der Waals surface area contributed by atoms with E-state index in [9.17, 15) is 15.0 Å². The number of carbonyl (C=O) groups is 1. The molecule has 0 aromatic heterocycles. The molecule has 0 aliphatic heterocycles. The number of aliphatic hydroxyl groups is 2. The van der Waals surface area contributed by atoms with Gasteiger partial charge in [0, 0.05) is 6.42 Å². The van der Waals surface area contributed by atoms with Crippen LogP contribution in [0.1, 0.15) is 18.4 Å². The second-order valence-electron chi connectivity index (χ2n) is 4.01. The Hall–Kier alpha value is -1.65. The maximum absolute atomic E-state index is 10.9. The Morgan fingerprint density at radius 1 is 1.33 bits per heavy atom. The van der Waals surface area contributed by atoms with E-state index in [0.717, 1.165) is 5.56 Å². The molecule has 0 amide bonds. The predicted molar refractivity (Wildman–Crippen MR) is 68.7 cm³/mol. The van der Waals surface area contributed by atoms with Crippen LogP contribution in [0, 0.1) is 0 Å². The lowest BCUT2D eigenvalue weighted by molar-refractivity contribution is -0.143. The van der Waals surface area contributed by atoms with Crippen molar-refractivity contribution < 1.29 is 19.7 Å². The molecule has 2 atom stereocenters. The van der Waals surface area contributed by atoms with Crippen LogP contribution in [-0.2, 0) is 9.53 Å². The molecule has 4 heteroatoms. The smallest absolute Gasteiger partial charge is 0.308 e. The van der Waals surface area contributed by atoms with E-state index in [1.807, 2.05) is 30.3 Å². The fraction of sp³-hybridized carbons (Fsp3) is 0.357. The zero-order valence-corrected chi connectivity index (χ0v) is 10.3. The lowest BCUT2D eigenvalue weighted by Gasteiger charge is -2.11. The van der Waals surface area contributed by atoms with Crippen LogP contribution in [-0.4, -0.2) is 35.5 Å². The monoisotopic (exact) mass is 250 g/mol. The summed E-state index contributed by atoms with van der Waals surface area (Å²) in [5, 5.41) is 19.2. The van der Waals surface area contributed by atoms with E-state index >= 15 is 0 Å². The second kappa shape index (κ2) is 7.63. The van der Waals surface area contributed by atoms with Gasteiger partial charge in [-0.3, -0.25) is 4.79 Å². The maximum Gasteiger partial charge on any atom is 0.308 e. The quantitative estimate of drug-likeness (QED) is 0.748. The van der Waals surface area contributed by atoms with Gasteiger partial charge in [0.1, 0.15) is 0 Å². The molecule has 0 radical (unpaired) electrons. The van der Waals surface area contributed by atoms with Gasteiger partial charge in [-0.25, -0.2) is 0 Å². The van der Waals surface area contributed by atoms with Crippen LogP contribution in [0.5, 0.6) is 0 Å². The number of carbonyl (C=O) groups excluding carboxylic acids is 1. The van der Waals surface area contributed by atoms with Crippen molar-refractivity contribution in [2.24, 2.45) is 0 Å². The van der Waals surface area contributed by atoms with Crippen molar-refractivity contribution >= 4 is 12.0 Å². The van der Waals surface area contributed by atoms with Gasteiger partial charge in [0.2, 0.25) is 0 Å². The van der Waals surface area contributed by atoms with Gasteiger partial charge in [0.25, 0.3) is 0 Å². The van der Waals surface area contributed by atoms with Gasteiger partial charge in [-0.1, -0.05) is 42.5 Å². The first-order valence-corrected chi connectivity index (χ1v) is 5.78. The molecule has 0 aliphatic carbocycles. The number of hydrogen-bond acceptors (Lipinski definition) is 4. The number of ether oxygens (including phenoxy) is 1. The first-order chi connectivity index (χ1) is 8.61. The van der Waals surface area contributed by atoms with Gasteiger partial charge < -0.3 is 14.9 Å². The minimum Gasteiger partial charge on any atom is -0.469 e. The molecule has 0 saturated heterocycles. The number of benzene rings is 1. The fourth-order valence-electron chi connectivity index (χ4n) is 1.50. The summed E-state index contributed by atoms with van der Waals surface area (Å²) in [5.74, 6) is -0.485. The molecule has 1 aromatic carbocycles. The average molecular weight is 250 g/mol. The highest BCUT2D eigenvalue weighted by molar-refractivity contribution is 5.69. The van der Waals surface area contributed by atoms with Crippen LogP contribution in [0.2, 0.25) is 0 Å².